The van der Waals surface area contributed by atoms with Crippen molar-refractivity contribution in [3.8, 4) is 11.1 Å². The number of nitrogens with one attached hydrogen (secondary N) is 1. The number of aromatic nitrogens is 2. The summed E-state index contributed by atoms with van der Waals surface area (Å²) in [6.07, 6.45) is 1.45. The Labute approximate surface area is 150 Å². The molecule has 0 radical (unpaired) electrons. The van der Waals surface area contributed by atoms with Crippen molar-refractivity contribution in [1.82, 2.24) is 14.9 Å². The standard InChI is InChI=1S/C19H21N3O2S/c1-12(2)8-20-16(23)9-22-11-21-18-17(19(22)24)15(10-25-18)14-6-4-13(3)5-7-14/h4-7,10-12H,8-9H2,1-3H3,(H,20,23). The van der Waals surface area contributed by atoms with Gasteiger partial charge in [0.1, 0.15) is 11.4 Å². The predicted molar refractivity (Wildman–Crippen MR) is 102 cm³/mol. The van der Waals surface area contributed by atoms with Crippen LogP contribution in [0.25, 0.3) is 21.3 Å². The highest BCUT2D eigenvalue weighted by Crippen LogP contribution is 2.30. The number of thiophene rings is 1. The summed E-state index contributed by atoms with van der Waals surface area (Å²) in [7, 11) is 0. The first-order valence-corrected chi connectivity index (χ1v) is 9.14. The first-order chi connectivity index (χ1) is 12.0. The smallest absolute Gasteiger partial charge is 0.263 e. The lowest BCUT2D eigenvalue weighted by Crippen LogP contribution is -2.34. The Morgan fingerprint density at radius 1 is 1.28 bits per heavy atom. The quantitative estimate of drug-likeness (QED) is 0.764. The van der Waals surface area contributed by atoms with Crippen LogP contribution in [0.4, 0.5) is 0 Å². The second-order valence-corrected chi connectivity index (χ2v) is 7.43. The third-order valence-electron chi connectivity index (χ3n) is 3.94. The summed E-state index contributed by atoms with van der Waals surface area (Å²) >= 11 is 1.44. The van der Waals surface area contributed by atoms with Crippen LogP contribution >= 0.6 is 11.3 Å². The monoisotopic (exact) mass is 355 g/mol. The first kappa shape index (κ1) is 17.4. The highest BCUT2D eigenvalue weighted by molar-refractivity contribution is 7.17. The molecule has 3 aromatic rings. The number of hydrogen-bond donors (Lipinski definition) is 1. The van der Waals surface area contributed by atoms with Crippen LogP contribution in [0.15, 0.2) is 40.8 Å². The van der Waals surface area contributed by atoms with Gasteiger partial charge in [-0.3, -0.25) is 14.2 Å². The highest BCUT2D eigenvalue weighted by Gasteiger charge is 2.14. The van der Waals surface area contributed by atoms with Crippen LogP contribution in [0.1, 0.15) is 19.4 Å². The summed E-state index contributed by atoms with van der Waals surface area (Å²) in [6, 6.07) is 8.05. The fourth-order valence-corrected chi connectivity index (χ4v) is 3.46. The molecule has 0 atom stereocenters. The van der Waals surface area contributed by atoms with Crippen molar-refractivity contribution in [3.63, 3.8) is 0 Å². The molecule has 0 fully saturated rings. The zero-order chi connectivity index (χ0) is 18.0. The summed E-state index contributed by atoms with van der Waals surface area (Å²) in [6.45, 7) is 6.66. The first-order valence-electron chi connectivity index (χ1n) is 8.26. The fourth-order valence-electron chi connectivity index (χ4n) is 2.55. The van der Waals surface area contributed by atoms with Crippen LogP contribution in [-0.2, 0) is 11.3 Å². The maximum Gasteiger partial charge on any atom is 0.263 e. The average molecular weight is 355 g/mol. The van der Waals surface area contributed by atoms with Crippen LogP contribution in [0.2, 0.25) is 0 Å². The van der Waals surface area contributed by atoms with E-state index in [1.807, 2.05) is 50.4 Å². The molecule has 2 heterocycles. The predicted octanol–water partition coefficient (Wildman–Crippen LogP) is 3.21. The molecule has 0 saturated heterocycles. The molecule has 1 N–H and O–H groups in total. The normalized spacial score (nSPS) is 11.2. The number of carbonyl (C=O) groups is 1. The fraction of sp³-hybridized carbons (Fsp3) is 0.316. The van der Waals surface area contributed by atoms with E-state index < -0.39 is 0 Å². The number of fused-ring (bicyclic) bond motifs is 1. The van der Waals surface area contributed by atoms with Crippen LogP contribution in [0, 0.1) is 12.8 Å². The summed E-state index contributed by atoms with van der Waals surface area (Å²) in [5.74, 6) is 0.190. The van der Waals surface area contributed by atoms with Crippen molar-refractivity contribution in [1.29, 1.82) is 0 Å². The molecule has 5 nitrogen and oxygen atoms in total. The van der Waals surface area contributed by atoms with E-state index in [0.717, 1.165) is 11.1 Å². The van der Waals surface area contributed by atoms with Crippen molar-refractivity contribution in [2.24, 2.45) is 5.92 Å². The number of hydrogen-bond acceptors (Lipinski definition) is 4. The number of rotatable bonds is 5. The Morgan fingerprint density at radius 2 is 2.00 bits per heavy atom. The Morgan fingerprint density at radius 3 is 2.68 bits per heavy atom. The lowest BCUT2D eigenvalue weighted by atomic mass is 10.1. The number of aryl methyl sites for hydroxylation is 1. The van der Waals surface area contributed by atoms with Gasteiger partial charge in [-0.15, -0.1) is 11.3 Å². The van der Waals surface area contributed by atoms with Crippen LogP contribution in [-0.4, -0.2) is 22.0 Å². The van der Waals surface area contributed by atoms with Gasteiger partial charge in [0, 0.05) is 17.5 Å². The molecule has 0 aliphatic carbocycles. The highest BCUT2D eigenvalue weighted by atomic mass is 32.1. The van der Waals surface area contributed by atoms with Crippen molar-refractivity contribution >= 4 is 27.5 Å². The van der Waals surface area contributed by atoms with Gasteiger partial charge in [-0.25, -0.2) is 4.98 Å². The van der Waals surface area contributed by atoms with E-state index in [-0.39, 0.29) is 18.0 Å². The number of amides is 1. The van der Waals surface area contributed by atoms with Gasteiger partial charge in [-0.05, 0) is 18.4 Å². The molecule has 1 aromatic carbocycles. The molecule has 2 aromatic heterocycles. The van der Waals surface area contributed by atoms with Crippen molar-refractivity contribution < 1.29 is 4.79 Å². The maximum atomic E-state index is 12.9. The zero-order valence-corrected chi connectivity index (χ0v) is 15.4. The molecule has 25 heavy (non-hydrogen) atoms. The summed E-state index contributed by atoms with van der Waals surface area (Å²) in [5.41, 5.74) is 2.84. The van der Waals surface area contributed by atoms with E-state index in [9.17, 15) is 9.59 Å². The van der Waals surface area contributed by atoms with Crippen molar-refractivity contribution in [3.05, 3.63) is 51.9 Å². The van der Waals surface area contributed by atoms with Gasteiger partial charge in [-0.1, -0.05) is 43.7 Å². The van der Waals surface area contributed by atoms with Gasteiger partial charge in [0.25, 0.3) is 5.56 Å². The molecule has 130 valence electrons. The van der Waals surface area contributed by atoms with Gasteiger partial charge in [0.05, 0.1) is 11.7 Å². The van der Waals surface area contributed by atoms with Crippen molar-refractivity contribution in [2.75, 3.05) is 6.54 Å². The van der Waals surface area contributed by atoms with Crippen LogP contribution in [0.5, 0.6) is 0 Å². The second kappa shape index (κ2) is 7.19. The van der Waals surface area contributed by atoms with Gasteiger partial charge >= 0.3 is 0 Å². The lowest BCUT2D eigenvalue weighted by molar-refractivity contribution is -0.121. The number of carbonyl (C=O) groups excluding carboxylic acids is 1. The van der Waals surface area contributed by atoms with Crippen molar-refractivity contribution in [2.45, 2.75) is 27.3 Å². The van der Waals surface area contributed by atoms with Gasteiger partial charge in [0.15, 0.2) is 0 Å². The van der Waals surface area contributed by atoms with E-state index in [2.05, 4.69) is 10.3 Å². The minimum absolute atomic E-state index is 0.0162. The van der Waals surface area contributed by atoms with E-state index in [1.165, 1.54) is 27.8 Å². The van der Waals surface area contributed by atoms with E-state index in [0.29, 0.717) is 22.7 Å². The number of benzene rings is 1. The SMILES string of the molecule is Cc1ccc(-c2csc3ncn(CC(=O)NCC(C)C)c(=O)c23)cc1. The summed E-state index contributed by atoms with van der Waals surface area (Å²) < 4.78 is 1.38. The summed E-state index contributed by atoms with van der Waals surface area (Å²) in [4.78, 5) is 30.0. The summed E-state index contributed by atoms with van der Waals surface area (Å²) in [5, 5.41) is 5.36. The lowest BCUT2D eigenvalue weighted by Gasteiger charge is -2.09. The molecule has 0 aliphatic rings. The molecule has 1 amide bonds. The molecular weight excluding hydrogens is 334 g/mol. The Hall–Kier alpha value is -2.47. The maximum absolute atomic E-state index is 12.9. The molecule has 0 saturated carbocycles. The third-order valence-corrected chi connectivity index (χ3v) is 4.83. The van der Waals surface area contributed by atoms with Gasteiger partial charge < -0.3 is 5.32 Å². The molecule has 6 heteroatoms. The van der Waals surface area contributed by atoms with Gasteiger partial charge in [-0.2, -0.15) is 0 Å². The zero-order valence-electron chi connectivity index (χ0n) is 14.6. The molecule has 0 bridgehead atoms. The minimum atomic E-state index is -0.179. The van der Waals surface area contributed by atoms with Crippen LogP contribution in [0.3, 0.4) is 0 Å². The minimum Gasteiger partial charge on any atom is -0.354 e. The Bertz CT molecular complexity index is 955. The molecule has 0 unspecified atom stereocenters. The van der Waals surface area contributed by atoms with Gasteiger partial charge in [0.2, 0.25) is 5.91 Å². The van der Waals surface area contributed by atoms with Crippen LogP contribution < -0.4 is 10.9 Å². The average Bonchev–Trinajstić information content (AvgIpc) is 3.01. The Kier molecular flexibility index (Phi) is 4.99. The Balaban J connectivity index is 1.96. The molecule has 0 spiro atoms. The largest absolute Gasteiger partial charge is 0.354 e. The molecule has 0 aliphatic heterocycles. The van der Waals surface area contributed by atoms with E-state index >= 15 is 0 Å². The topological polar surface area (TPSA) is 64.0 Å². The van der Waals surface area contributed by atoms with E-state index in [1.54, 1.807) is 0 Å². The second-order valence-electron chi connectivity index (χ2n) is 6.57. The molecule has 3 rings (SSSR count). The number of nitrogens with zero attached hydrogens (tertiary/aromatic N) is 2. The third kappa shape index (κ3) is 3.79. The molecular formula is C19H21N3O2S. The van der Waals surface area contributed by atoms with E-state index in [4.69, 9.17) is 0 Å².